The van der Waals surface area contributed by atoms with Crippen molar-refractivity contribution in [3.8, 4) is 0 Å². The highest BCUT2D eigenvalue weighted by atomic mass is 16.5. The summed E-state index contributed by atoms with van der Waals surface area (Å²) in [6.45, 7) is 0.621. The lowest BCUT2D eigenvalue weighted by molar-refractivity contribution is -0.159. The third kappa shape index (κ3) is 3.44. The molecule has 0 aliphatic carbocycles. The fourth-order valence-electron chi connectivity index (χ4n) is 3.88. The first kappa shape index (κ1) is 18.4. The second-order valence-corrected chi connectivity index (χ2v) is 7.05. The second-order valence-electron chi connectivity index (χ2n) is 7.05. The van der Waals surface area contributed by atoms with Crippen molar-refractivity contribution in [2.24, 2.45) is 5.41 Å². The molecule has 1 atom stereocenters. The Labute approximate surface area is 152 Å². The molecule has 1 fully saturated rings. The summed E-state index contributed by atoms with van der Waals surface area (Å²) in [6.07, 6.45) is 2.14. The van der Waals surface area contributed by atoms with E-state index in [9.17, 15) is 19.5 Å². The number of carboxylic acids is 1. The Morgan fingerprint density at radius 2 is 2.04 bits per heavy atom. The fourth-order valence-corrected chi connectivity index (χ4v) is 3.88. The maximum absolute atomic E-state index is 12.8. The van der Waals surface area contributed by atoms with Crippen LogP contribution in [-0.2, 0) is 25.5 Å². The number of para-hydroxylation sites is 1. The first-order valence-corrected chi connectivity index (χ1v) is 8.85. The summed E-state index contributed by atoms with van der Waals surface area (Å²) in [5, 5.41) is 9.63. The van der Waals surface area contributed by atoms with Gasteiger partial charge >= 0.3 is 5.97 Å². The number of rotatable bonds is 5. The van der Waals surface area contributed by atoms with E-state index in [2.05, 4.69) is 0 Å². The van der Waals surface area contributed by atoms with Crippen LogP contribution in [0.15, 0.2) is 24.3 Å². The van der Waals surface area contributed by atoms with Gasteiger partial charge in [0, 0.05) is 32.3 Å². The molecule has 1 N–H and O–H groups in total. The number of aryl methyl sites for hydroxylation is 1. The van der Waals surface area contributed by atoms with Gasteiger partial charge in [0.15, 0.2) is 0 Å². The van der Waals surface area contributed by atoms with Crippen LogP contribution in [0.4, 0.5) is 5.69 Å². The van der Waals surface area contributed by atoms with E-state index in [1.165, 1.54) is 12.0 Å². The lowest BCUT2D eigenvalue weighted by atomic mass is 9.80. The first-order valence-electron chi connectivity index (χ1n) is 8.85. The molecule has 2 aliphatic rings. The van der Waals surface area contributed by atoms with Crippen LogP contribution in [-0.4, -0.2) is 61.1 Å². The fraction of sp³-hybridized carbons (Fsp3) is 0.526. The number of carbonyl (C=O) groups excluding carboxylic acids is 2. The molecule has 0 bridgehead atoms. The number of hydrogen-bond donors (Lipinski definition) is 1. The normalized spacial score (nSPS) is 22.9. The largest absolute Gasteiger partial charge is 0.481 e. The highest BCUT2D eigenvalue weighted by molar-refractivity contribution is 6.01. The molecule has 0 spiro atoms. The number of carbonyl (C=O) groups is 3. The number of benzene rings is 1. The van der Waals surface area contributed by atoms with Gasteiger partial charge in [0.1, 0.15) is 12.0 Å². The van der Waals surface area contributed by atoms with Crippen molar-refractivity contribution in [3.05, 3.63) is 29.8 Å². The molecule has 140 valence electrons. The van der Waals surface area contributed by atoms with E-state index in [0.717, 1.165) is 11.3 Å². The molecule has 1 aromatic carbocycles. The van der Waals surface area contributed by atoms with Crippen molar-refractivity contribution >= 4 is 23.5 Å². The summed E-state index contributed by atoms with van der Waals surface area (Å²) < 4.78 is 5.10. The number of anilines is 1. The molecule has 1 unspecified atom stereocenters. The topological polar surface area (TPSA) is 87.2 Å². The first-order chi connectivity index (χ1) is 12.5. The molecule has 26 heavy (non-hydrogen) atoms. The van der Waals surface area contributed by atoms with Crippen LogP contribution in [0.25, 0.3) is 0 Å². The quantitative estimate of drug-likeness (QED) is 0.855. The molecular formula is C19H24N2O5. The number of nitrogens with zero attached hydrogens (tertiary/aromatic N) is 2. The number of likely N-dealkylation sites (tertiary alicyclic amines) is 1. The van der Waals surface area contributed by atoms with E-state index in [1.54, 1.807) is 4.90 Å². The lowest BCUT2D eigenvalue weighted by Gasteiger charge is -2.40. The van der Waals surface area contributed by atoms with Gasteiger partial charge in [-0.2, -0.15) is 0 Å². The van der Waals surface area contributed by atoms with Crippen molar-refractivity contribution in [1.82, 2.24) is 4.90 Å². The molecule has 2 aliphatic heterocycles. The minimum absolute atomic E-state index is 0.0570. The SMILES string of the molecule is COCC1(C(=O)O)CCCN(C(=O)CN2C(=O)CCc3ccccc32)C1. The summed E-state index contributed by atoms with van der Waals surface area (Å²) in [7, 11) is 1.47. The van der Waals surface area contributed by atoms with Crippen LogP contribution >= 0.6 is 0 Å². The molecular weight excluding hydrogens is 336 g/mol. The molecule has 1 saturated heterocycles. The number of methoxy groups -OCH3 is 1. The van der Waals surface area contributed by atoms with Crippen LogP contribution in [0, 0.1) is 5.41 Å². The van der Waals surface area contributed by atoms with Gasteiger partial charge in [-0.3, -0.25) is 14.4 Å². The van der Waals surface area contributed by atoms with Gasteiger partial charge in [0.2, 0.25) is 11.8 Å². The molecule has 0 saturated carbocycles. The van der Waals surface area contributed by atoms with Crippen LogP contribution in [0.5, 0.6) is 0 Å². The molecule has 2 amide bonds. The Hall–Kier alpha value is -2.41. The summed E-state index contributed by atoms with van der Waals surface area (Å²) >= 11 is 0. The number of fused-ring (bicyclic) bond motifs is 1. The highest BCUT2D eigenvalue weighted by Crippen LogP contribution is 2.32. The Kier molecular flexibility index (Phi) is 5.27. The number of carboxylic acid groups (broad SMARTS) is 1. The third-order valence-electron chi connectivity index (χ3n) is 5.29. The van der Waals surface area contributed by atoms with Gasteiger partial charge < -0.3 is 19.6 Å². The average molecular weight is 360 g/mol. The van der Waals surface area contributed by atoms with E-state index in [-0.39, 0.29) is 31.5 Å². The monoisotopic (exact) mass is 360 g/mol. The zero-order chi connectivity index (χ0) is 18.7. The van der Waals surface area contributed by atoms with Gasteiger partial charge in [0.25, 0.3) is 0 Å². The Balaban J connectivity index is 1.76. The molecule has 0 radical (unpaired) electrons. The minimum atomic E-state index is -1.08. The number of aliphatic carboxylic acids is 1. The van der Waals surface area contributed by atoms with E-state index in [0.29, 0.717) is 32.2 Å². The van der Waals surface area contributed by atoms with Crippen molar-refractivity contribution in [3.63, 3.8) is 0 Å². The number of ether oxygens (including phenoxy) is 1. The average Bonchev–Trinajstić information content (AvgIpc) is 2.64. The van der Waals surface area contributed by atoms with Crippen molar-refractivity contribution < 1.29 is 24.2 Å². The number of hydrogen-bond acceptors (Lipinski definition) is 4. The van der Waals surface area contributed by atoms with Gasteiger partial charge in [-0.25, -0.2) is 0 Å². The zero-order valence-electron chi connectivity index (χ0n) is 14.9. The van der Waals surface area contributed by atoms with Crippen LogP contribution < -0.4 is 4.90 Å². The molecule has 3 rings (SSSR count). The van der Waals surface area contributed by atoms with Gasteiger partial charge in [-0.15, -0.1) is 0 Å². The van der Waals surface area contributed by atoms with Gasteiger partial charge in [0.05, 0.1) is 6.61 Å². The van der Waals surface area contributed by atoms with E-state index >= 15 is 0 Å². The Bertz CT molecular complexity index is 716. The van der Waals surface area contributed by atoms with Crippen LogP contribution in [0.2, 0.25) is 0 Å². The van der Waals surface area contributed by atoms with E-state index < -0.39 is 11.4 Å². The summed E-state index contributed by atoms with van der Waals surface area (Å²) in [4.78, 5) is 40.0. The molecule has 7 heteroatoms. The van der Waals surface area contributed by atoms with E-state index in [1.807, 2.05) is 24.3 Å². The molecule has 7 nitrogen and oxygen atoms in total. The predicted octanol–water partition coefficient (Wildman–Crippen LogP) is 1.31. The maximum Gasteiger partial charge on any atom is 0.313 e. The highest BCUT2D eigenvalue weighted by Gasteiger charge is 2.44. The van der Waals surface area contributed by atoms with Crippen LogP contribution in [0.1, 0.15) is 24.8 Å². The summed E-state index contributed by atoms with van der Waals surface area (Å²) in [6, 6.07) is 7.59. The summed E-state index contributed by atoms with van der Waals surface area (Å²) in [5.74, 6) is -1.25. The molecule has 1 aromatic rings. The minimum Gasteiger partial charge on any atom is -0.481 e. The zero-order valence-corrected chi connectivity index (χ0v) is 14.9. The van der Waals surface area contributed by atoms with E-state index in [4.69, 9.17) is 4.74 Å². The molecule has 0 aromatic heterocycles. The van der Waals surface area contributed by atoms with Gasteiger partial charge in [-0.1, -0.05) is 18.2 Å². The number of piperidine rings is 1. The Morgan fingerprint density at radius 3 is 2.77 bits per heavy atom. The molecule has 2 heterocycles. The lowest BCUT2D eigenvalue weighted by Crippen LogP contribution is -2.54. The Morgan fingerprint density at radius 1 is 1.27 bits per heavy atom. The predicted molar refractivity (Wildman–Crippen MR) is 94.9 cm³/mol. The second kappa shape index (κ2) is 7.45. The smallest absolute Gasteiger partial charge is 0.313 e. The van der Waals surface area contributed by atoms with Crippen molar-refractivity contribution in [2.75, 3.05) is 38.3 Å². The third-order valence-corrected chi connectivity index (χ3v) is 5.29. The van der Waals surface area contributed by atoms with Crippen molar-refractivity contribution in [1.29, 1.82) is 0 Å². The standard InChI is InChI=1S/C19H24N2O5/c1-26-13-19(18(24)25)9-4-10-20(12-19)17(23)11-21-15-6-3-2-5-14(15)7-8-16(21)22/h2-3,5-6H,4,7-13H2,1H3,(H,24,25). The summed E-state index contributed by atoms with van der Waals surface area (Å²) in [5.41, 5.74) is 0.750. The maximum atomic E-state index is 12.8. The van der Waals surface area contributed by atoms with Crippen molar-refractivity contribution in [2.45, 2.75) is 25.7 Å². The number of amides is 2. The van der Waals surface area contributed by atoms with Gasteiger partial charge in [-0.05, 0) is 30.9 Å². The van der Waals surface area contributed by atoms with Crippen LogP contribution in [0.3, 0.4) is 0 Å².